The van der Waals surface area contributed by atoms with Gasteiger partial charge in [0.15, 0.2) is 0 Å². The van der Waals surface area contributed by atoms with Crippen molar-refractivity contribution in [3.8, 4) is 0 Å². The number of aryl methyl sites for hydroxylation is 1. The minimum atomic E-state index is -7.94. The van der Waals surface area contributed by atoms with E-state index in [-0.39, 0.29) is 31.0 Å². The van der Waals surface area contributed by atoms with Crippen LogP contribution >= 0.6 is 0 Å². The summed E-state index contributed by atoms with van der Waals surface area (Å²) in [6.07, 6.45) is 2.26. The highest BCUT2D eigenvalue weighted by Gasteiger charge is 2.89. The van der Waals surface area contributed by atoms with E-state index in [9.17, 15) is 71.1 Å². The summed E-state index contributed by atoms with van der Waals surface area (Å²) in [4.78, 5) is 35.8. The van der Waals surface area contributed by atoms with Crippen LogP contribution in [0.1, 0.15) is 109 Å². The van der Waals surface area contributed by atoms with Gasteiger partial charge in [-0.05, 0) is 56.7 Å². The zero-order valence-corrected chi connectivity index (χ0v) is 34.0. The number of carboxylic acid groups (broad SMARTS) is 1. The van der Waals surface area contributed by atoms with Gasteiger partial charge in [0.25, 0.3) is 10.0 Å². The largest absolute Gasteiger partial charge is 0.481 e. The Balaban J connectivity index is 0.0000336. The number of carbonyl (C=O) groups is 3. The molecule has 24 heteroatoms. The highest BCUT2D eigenvalue weighted by Crippen LogP contribution is 2.58. The van der Waals surface area contributed by atoms with Crippen LogP contribution in [0.15, 0.2) is 18.2 Å². The molecule has 0 aliphatic carbocycles. The number of carbonyl (C=O) groups excluding carboxylic acids is 2. The number of benzene rings is 1. The molecule has 1 rings (SSSR count). The molecule has 0 aromatic heterocycles. The number of quaternary nitrogens is 1. The lowest BCUT2D eigenvalue weighted by Gasteiger charge is -2.37. The summed E-state index contributed by atoms with van der Waals surface area (Å²) in [6, 6.07) is 4.15. The van der Waals surface area contributed by atoms with E-state index in [0.717, 1.165) is 70.6 Å². The van der Waals surface area contributed by atoms with E-state index in [1.165, 1.54) is 25.1 Å². The maximum absolute atomic E-state index is 14.3. The van der Waals surface area contributed by atoms with Gasteiger partial charge in [0.05, 0.1) is 0 Å². The molecule has 1 unspecified atom stereocenters. The molecule has 344 valence electrons. The van der Waals surface area contributed by atoms with Crippen molar-refractivity contribution in [1.82, 2.24) is 10.5 Å². The summed E-state index contributed by atoms with van der Waals surface area (Å²) in [5.41, 5.74) is 0.477. The summed E-state index contributed by atoms with van der Waals surface area (Å²) in [5.74, 6) is -24.3. The van der Waals surface area contributed by atoms with Crippen molar-refractivity contribution in [1.29, 1.82) is 0 Å². The molecule has 0 radical (unpaired) electrons. The predicted molar refractivity (Wildman–Crippen MR) is 196 cm³/mol. The topological polar surface area (TPSA) is 188 Å². The lowest BCUT2D eigenvalue weighted by atomic mass is 10.0. The van der Waals surface area contributed by atoms with Gasteiger partial charge in [-0.2, -0.15) is 52.6 Å². The van der Waals surface area contributed by atoms with Crippen LogP contribution in [-0.2, 0) is 24.3 Å². The monoisotopic (exact) mass is 899 g/mol. The van der Waals surface area contributed by atoms with Crippen molar-refractivity contribution in [3.63, 3.8) is 0 Å². The maximum Gasteiger partial charge on any atom is 0.460 e. The number of nitrogens with zero attached hydrogens (tertiary/aromatic N) is 1. The number of sulfonamides is 1. The second-order valence-corrected chi connectivity index (χ2v) is 15.7. The lowest BCUT2D eigenvalue weighted by Crippen LogP contribution is -2.69. The molecule has 1 atom stereocenters. The molecule has 0 bridgehead atoms. The number of anilines is 2. The maximum atomic E-state index is 14.3. The second-order valence-electron chi connectivity index (χ2n) is 13.6. The van der Waals surface area contributed by atoms with E-state index >= 15 is 0 Å². The number of unbranched alkanes of at least 4 members (excludes halogenated alkanes) is 10. The van der Waals surface area contributed by atoms with Crippen LogP contribution in [0.25, 0.3) is 0 Å². The molecule has 2 amide bonds. The van der Waals surface area contributed by atoms with Gasteiger partial charge in [-0.15, -0.1) is 0 Å². The van der Waals surface area contributed by atoms with E-state index in [1.807, 2.05) is 0 Å². The third kappa shape index (κ3) is 15.7. The Kier molecular flexibility index (Phi) is 22.5. The van der Waals surface area contributed by atoms with Gasteiger partial charge in [-0.25, -0.2) is 18.0 Å². The standard InChI is InChI=1S/C35H50F11N3O8S.H3N/c1-4-5-6-13-16-26(17-14-11-9-7-8-10-12-15-18-28(50)51)57-30(53)47-25-20-19-24(2)27(23-25)48-29(52)56-22-21-49(3)58(54,55)35(45,46)33(40,41)31(36,37)32(38,39)34(42,43)44;/h19-20,23,26H,4-18,21-22H2,1-3H3,(H,47,53)(H,48,52)(H,50,51);1H3/p+1. The highest BCUT2D eigenvalue weighted by molar-refractivity contribution is 7.90. The van der Waals surface area contributed by atoms with E-state index in [4.69, 9.17) is 9.84 Å². The molecule has 12 nitrogen and oxygen atoms in total. The summed E-state index contributed by atoms with van der Waals surface area (Å²) >= 11 is 0. The summed E-state index contributed by atoms with van der Waals surface area (Å²) < 4.78 is 181. The van der Waals surface area contributed by atoms with E-state index in [1.54, 1.807) is 0 Å². The van der Waals surface area contributed by atoms with Gasteiger partial charge < -0.3 is 20.7 Å². The number of rotatable bonds is 27. The number of hydrogen-bond acceptors (Lipinski definition) is 7. The molecule has 0 heterocycles. The molecule has 59 heavy (non-hydrogen) atoms. The van der Waals surface area contributed by atoms with E-state index in [0.29, 0.717) is 24.8 Å². The number of amides is 2. The smallest absolute Gasteiger partial charge is 0.460 e. The average molecular weight is 900 g/mol. The van der Waals surface area contributed by atoms with Crippen LogP contribution in [0.5, 0.6) is 0 Å². The Morgan fingerprint density at radius 2 is 1.25 bits per heavy atom. The number of carboxylic acids is 1. The number of ether oxygens (including phenoxy) is 2. The van der Waals surface area contributed by atoms with Crippen LogP contribution in [0.3, 0.4) is 0 Å². The normalized spacial score (nSPS) is 13.4. The van der Waals surface area contributed by atoms with E-state index in [2.05, 4.69) is 22.3 Å². The Morgan fingerprint density at radius 1 is 0.746 bits per heavy atom. The number of nitrogens with one attached hydrogen (secondary N) is 2. The van der Waals surface area contributed by atoms with Crippen molar-refractivity contribution >= 4 is 39.6 Å². The first-order valence-electron chi connectivity index (χ1n) is 18.4. The highest BCUT2D eigenvalue weighted by atomic mass is 32.2. The summed E-state index contributed by atoms with van der Waals surface area (Å²) in [7, 11) is -7.04. The zero-order chi connectivity index (χ0) is 44.6. The quantitative estimate of drug-likeness (QED) is 0.0496. The van der Waals surface area contributed by atoms with Crippen LogP contribution in [0.2, 0.25) is 0 Å². The molecule has 1 aromatic carbocycles. The number of aliphatic carboxylic acids is 1. The van der Waals surface area contributed by atoms with Crippen molar-refractivity contribution in [3.05, 3.63) is 23.8 Å². The van der Waals surface area contributed by atoms with Crippen LogP contribution in [-0.4, -0.2) is 91.5 Å². The van der Waals surface area contributed by atoms with Gasteiger partial charge in [0.2, 0.25) is 0 Å². The Hall–Kier alpha value is -3.67. The third-order valence-corrected chi connectivity index (χ3v) is 10.8. The Morgan fingerprint density at radius 3 is 1.76 bits per heavy atom. The molecular weight excluding hydrogens is 845 g/mol. The SMILES string of the molecule is CCCCCCC(CCCCCCCCCCC(=O)O)OC(=O)Nc1ccc(C)c(NC(=O)OCCN(C)S(=O)(=O)C(F)(F)C(F)(F)C(F)(F)C(F)(F)C(F)(F)F)c1.[NH4+]. The molecule has 0 spiro atoms. The van der Waals surface area contributed by atoms with Crippen molar-refractivity contribution in [2.75, 3.05) is 30.8 Å². The van der Waals surface area contributed by atoms with Crippen LogP contribution in [0.4, 0.5) is 69.3 Å². The molecule has 0 saturated heterocycles. The van der Waals surface area contributed by atoms with Gasteiger partial charge in [0, 0.05) is 31.4 Å². The fraction of sp³-hybridized carbons (Fsp3) is 0.743. The van der Waals surface area contributed by atoms with Gasteiger partial charge >= 0.3 is 47.4 Å². The Bertz CT molecular complexity index is 1590. The molecule has 0 aliphatic heterocycles. The lowest BCUT2D eigenvalue weighted by molar-refractivity contribution is -0.413. The van der Waals surface area contributed by atoms with Crippen molar-refractivity contribution in [2.45, 2.75) is 145 Å². The van der Waals surface area contributed by atoms with Crippen molar-refractivity contribution in [2.24, 2.45) is 0 Å². The fourth-order valence-electron chi connectivity index (χ4n) is 5.35. The first kappa shape index (κ1) is 55.3. The van der Waals surface area contributed by atoms with Gasteiger partial charge in [0.1, 0.15) is 12.7 Å². The number of halogens is 11. The van der Waals surface area contributed by atoms with Gasteiger partial charge in [-0.3, -0.25) is 15.4 Å². The molecule has 0 saturated carbocycles. The Labute approximate surface area is 335 Å². The predicted octanol–water partition coefficient (Wildman–Crippen LogP) is 11.1. The minimum absolute atomic E-state index is 0. The third-order valence-electron chi connectivity index (χ3n) is 8.92. The van der Waals surface area contributed by atoms with Crippen LogP contribution < -0.4 is 16.8 Å². The first-order chi connectivity index (χ1) is 26.7. The molecule has 1 aromatic rings. The van der Waals surface area contributed by atoms with Gasteiger partial charge in [-0.1, -0.05) is 70.8 Å². The van der Waals surface area contributed by atoms with Crippen LogP contribution in [0, 0.1) is 6.92 Å². The van der Waals surface area contributed by atoms with Crippen molar-refractivity contribution < 1.29 is 85.7 Å². The molecule has 0 fully saturated rings. The summed E-state index contributed by atoms with van der Waals surface area (Å²) in [5, 5.41) is 6.19. The molecular formula is C35H54F11N4O8S+. The number of likely N-dealkylation sites (N-methyl/N-ethyl adjacent to an activating group) is 1. The fourth-order valence-corrected chi connectivity index (χ4v) is 6.51. The number of alkyl halides is 11. The average Bonchev–Trinajstić information content (AvgIpc) is 3.11. The van der Waals surface area contributed by atoms with E-state index < -0.39 is 80.9 Å². The molecule has 7 N–H and O–H groups in total. The zero-order valence-electron chi connectivity index (χ0n) is 33.1. The first-order valence-corrected chi connectivity index (χ1v) is 19.9. The summed E-state index contributed by atoms with van der Waals surface area (Å²) in [6.45, 7) is 0.824. The molecule has 0 aliphatic rings. The number of hydrogen-bond donors (Lipinski definition) is 4. The second kappa shape index (κ2) is 23.9. The minimum Gasteiger partial charge on any atom is -0.481 e.